The molecular weight excluding hydrogens is 251 g/mol. The molecule has 0 fully saturated rings. The molecular formula is C9H11FN2O2S2. The number of benzene rings is 1. The average molecular weight is 262 g/mol. The van der Waals surface area contributed by atoms with E-state index in [4.69, 9.17) is 5.73 Å². The van der Waals surface area contributed by atoms with Gasteiger partial charge in [-0.2, -0.15) is 0 Å². The number of hydrogen-bond donors (Lipinski definition) is 2. The quantitative estimate of drug-likeness (QED) is 0.799. The number of halogens is 1. The van der Waals surface area contributed by atoms with Gasteiger partial charge >= 0.3 is 0 Å². The highest BCUT2D eigenvalue weighted by Gasteiger charge is 2.12. The van der Waals surface area contributed by atoms with Crippen LogP contribution in [0.4, 0.5) is 10.1 Å². The molecule has 0 unspecified atom stereocenters. The van der Waals surface area contributed by atoms with Crippen LogP contribution >= 0.6 is 12.2 Å². The smallest absolute Gasteiger partial charge is 0.239 e. The number of hydrogen-bond acceptors (Lipinski definition) is 3. The second-order valence-corrected chi connectivity index (χ2v) is 5.54. The Bertz CT molecular complexity index is 514. The van der Waals surface area contributed by atoms with Crippen molar-refractivity contribution in [1.82, 2.24) is 0 Å². The van der Waals surface area contributed by atoms with Crippen LogP contribution in [-0.4, -0.2) is 19.2 Å². The van der Waals surface area contributed by atoms with E-state index in [9.17, 15) is 12.8 Å². The molecule has 1 aromatic carbocycles. The zero-order valence-electron chi connectivity index (χ0n) is 8.53. The SMILES string of the molecule is Cc1ccc(NS(=O)(=O)CC(N)=S)cc1F. The van der Waals surface area contributed by atoms with Crippen LogP contribution in [0.2, 0.25) is 0 Å². The maximum absolute atomic E-state index is 13.1. The first-order chi connectivity index (χ1) is 7.30. The topological polar surface area (TPSA) is 72.2 Å². The van der Waals surface area contributed by atoms with Gasteiger partial charge in [-0.15, -0.1) is 0 Å². The van der Waals surface area contributed by atoms with Gasteiger partial charge in [0, 0.05) is 0 Å². The van der Waals surface area contributed by atoms with Crippen molar-refractivity contribution >= 4 is 32.9 Å². The van der Waals surface area contributed by atoms with Gasteiger partial charge in [0.25, 0.3) is 0 Å². The molecule has 3 N–H and O–H groups in total. The molecule has 16 heavy (non-hydrogen) atoms. The summed E-state index contributed by atoms with van der Waals surface area (Å²) in [4.78, 5) is -0.139. The summed E-state index contributed by atoms with van der Waals surface area (Å²) in [6, 6.07) is 4.05. The van der Waals surface area contributed by atoms with Crippen molar-refractivity contribution in [3.05, 3.63) is 29.6 Å². The third-order valence-electron chi connectivity index (χ3n) is 1.78. The lowest BCUT2D eigenvalue weighted by molar-refractivity contribution is 0.604. The Balaban J connectivity index is 2.88. The lowest BCUT2D eigenvalue weighted by atomic mass is 10.2. The number of sulfonamides is 1. The van der Waals surface area contributed by atoms with Gasteiger partial charge in [-0.25, -0.2) is 12.8 Å². The lowest BCUT2D eigenvalue weighted by Gasteiger charge is -2.07. The number of thiocarbonyl (C=S) groups is 1. The summed E-state index contributed by atoms with van der Waals surface area (Å²) >= 11 is 4.49. The molecule has 0 aliphatic carbocycles. The maximum atomic E-state index is 13.1. The number of nitrogens with two attached hydrogens (primary N) is 1. The van der Waals surface area contributed by atoms with Gasteiger partial charge in [-0.1, -0.05) is 18.3 Å². The molecule has 1 aromatic rings. The van der Waals surface area contributed by atoms with Crippen LogP contribution in [0.15, 0.2) is 18.2 Å². The van der Waals surface area contributed by atoms with Crippen LogP contribution in [0, 0.1) is 12.7 Å². The van der Waals surface area contributed by atoms with E-state index < -0.39 is 21.6 Å². The molecule has 88 valence electrons. The van der Waals surface area contributed by atoms with Crippen molar-refractivity contribution in [1.29, 1.82) is 0 Å². The monoisotopic (exact) mass is 262 g/mol. The van der Waals surface area contributed by atoms with E-state index in [1.54, 1.807) is 6.92 Å². The standard InChI is InChI=1S/C9H11FN2O2S2/c1-6-2-3-7(4-8(6)10)12-16(13,14)5-9(11)15/h2-4,12H,5H2,1H3,(H2,11,15). The van der Waals surface area contributed by atoms with Crippen molar-refractivity contribution in [3.8, 4) is 0 Å². The highest BCUT2D eigenvalue weighted by atomic mass is 32.2. The Morgan fingerprint density at radius 2 is 2.19 bits per heavy atom. The van der Waals surface area contributed by atoms with Crippen molar-refractivity contribution in [2.45, 2.75) is 6.92 Å². The van der Waals surface area contributed by atoms with Gasteiger partial charge < -0.3 is 5.73 Å². The first kappa shape index (κ1) is 12.9. The van der Waals surface area contributed by atoms with E-state index in [1.807, 2.05) is 0 Å². The normalized spacial score (nSPS) is 11.1. The van der Waals surface area contributed by atoms with Gasteiger partial charge in [-0.05, 0) is 24.6 Å². The van der Waals surface area contributed by atoms with Crippen molar-refractivity contribution < 1.29 is 12.8 Å². The third kappa shape index (κ3) is 3.74. The second-order valence-electron chi connectivity index (χ2n) is 3.29. The molecule has 0 radical (unpaired) electrons. The summed E-state index contributed by atoms with van der Waals surface area (Å²) in [6.45, 7) is 1.59. The minimum absolute atomic E-state index is 0.139. The first-order valence-corrected chi connectivity index (χ1v) is 6.41. The van der Waals surface area contributed by atoms with Gasteiger partial charge in [-0.3, -0.25) is 4.72 Å². The zero-order chi connectivity index (χ0) is 12.3. The first-order valence-electron chi connectivity index (χ1n) is 4.35. The Morgan fingerprint density at radius 1 is 1.56 bits per heavy atom. The largest absolute Gasteiger partial charge is 0.392 e. The number of anilines is 1. The number of nitrogens with one attached hydrogen (secondary N) is 1. The summed E-state index contributed by atoms with van der Waals surface area (Å²) in [5, 5.41) is 0. The molecule has 0 bridgehead atoms. The van der Waals surface area contributed by atoms with Crippen LogP contribution in [0.5, 0.6) is 0 Å². The molecule has 0 aliphatic rings. The fourth-order valence-electron chi connectivity index (χ4n) is 1.06. The van der Waals surface area contributed by atoms with Crippen LogP contribution < -0.4 is 10.5 Å². The van der Waals surface area contributed by atoms with E-state index in [2.05, 4.69) is 16.9 Å². The molecule has 0 spiro atoms. The molecule has 1 rings (SSSR count). The molecule has 0 heterocycles. The minimum atomic E-state index is -3.65. The van der Waals surface area contributed by atoms with Gasteiger partial charge in [0.05, 0.1) is 10.7 Å². The van der Waals surface area contributed by atoms with Gasteiger partial charge in [0.1, 0.15) is 11.6 Å². The van der Waals surface area contributed by atoms with Gasteiger partial charge in [0.15, 0.2) is 0 Å². The van der Waals surface area contributed by atoms with Crippen molar-refractivity contribution in [2.75, 3.05) is 10.5 Å². The fraction of sp³-hybridized carbons (Fsp3) is 0.222. The summed E-state index contributed by atoms with van der Waals surface area (Å²) in [5.41, 5.74) is 5.72. The third-order valence-corrected chi connectivity index (χ3v) is 3.34. The highest BCUT2D eigenvalue weighted by molar-refractivity contribution is 7.95. The van der Waals surface area contributed by atoms with Crippen molar-refractivity contribution in [2.24, 2.45) is 5.73 Å². The zero-order valence-corrected chi connectivity index (χ0v) is 10.2. The Morgan fingerprint density at radius 3 is 2.69 bits per heavy atom. The predicted molar refractivity (Wildman–Crippen MR) is 65.3 cm³/mol. The predicted octanol–water partition coefficient (Wildman–Crippen LogP) is 1.16. The van der Waals surface area contributed by atoms with Gasteiger partial charge in [0.2, 0.25) is 10.0 Å². The Hall–Kier alpha value is -1.21. The summed E-state index contributed by atoms with van der Waals surface area (Å²) in [6.07, 6.45) is 0. The number of aryl methyl sites for hydroxylation is 1. The van der Waals surface area contributed by atoms with E-state index in [0.717, 1.165) is 6.07 Å². The van der Waals surface area contributed by atoms with Crippen LogP contribution in [0.1, 0.15) is 5.56 Å². The average Bonchev–Trinajstić information content (AvgIpc) is 2.08. The molecule has 0 saturated carbocycles. The minimum Gasteiger partial charge on any atom is -0.392 e. The van der Waals surface area contributed by atoms with E-state index in [-0.39, 0.29) is 10.7 Å². The van der Waals surface area contributed by atoms with Crippen LogP contribution in [0.25, 0.3) is 0 Å². The van der Waals surface area contributed by atoms with E-state index >= 15 is 0 Å². The number of rotatable bonds is 4. The molecule has 0 amide bonds. The Kier molecular flexibility index (Phi) is 3.82. The van der Waals surface area contributed by atoms with Crippen LogP contribution in [-0.2, 0) is 10.0 Å². The van der Waals surface area contributed by atoms with E-state index in [1.165, 1.54) is 12.1 Å². The molecule has 0 atom stereocenters. The highest BCUT2D eigenvalue weighted by Crippen LogP contribution is 2.14. The molecule has 0 aromatic heterocycles. The molecule has 4 nitrogen and oxygen atoms in total. The summed E-state index contributed by atoms with van der Waals surface area (Å²) in [5.74, 6) is -0.937. The molecule has 0 saturated heterocycles. The summed E-state index contributed by atoms with van der Waals surface area (Å²) < 4.78 is 38.1. The van der Waals surface area contributed by atoms with Crippen molar-refractivity contribution in [3.63, 3.8) is 0 Å². The van der Waals surface area contributed by atoms with Crippen LogP contribution in [0.3, 0.4) is 0 Å². The summed E-state index contributed by atoms with van der Waals surface area (Å²) in [7, 11) is -3.65. The maximum Gasteiger partial charge on any atom is 0.239 e. The Labute approximate surface area is 98.7 Å². The second kappa shape index (κ2) is 4.75. The lowest BCUT2D eigenvalue weighted by Crippen LogP contribution is -2.26. The fourth-order valence-corrected chi connectivity index (χ4v) is 2.46. The molecule has 0 aliphatic heterocycles. The molecule has 7 heteroatoms. The van der Waals surface area contributed by atoms with E-state index in [0.29, 0.717) is 5.56 Å².